The van der Waals surface area contributed by atoms with Crippen LogP contribution in [0.25, 0.3) is 0 Å². The Morgan fingerprint density at radius 1 is 1.04 bits per heavy atom. The van der Waals surface area contributed by atoms with Gasteiger partial charge in [0.05, 0.1) is 10.6 Å². The molecule has 1 aliphatic heterocycles. The Hall–Kier alpha value is -2.33. The predicted molar refractivity (Wildman–Crippen MR) is 89.0 cm³/mol. The number of hydrogen-bond donors (Lipinski definition) is 1. The number of likely N-dealkylation sites (tertiary alicyclic amines) is 1. The standard InChI is InChI=1S/C18H17ClN2O2/c19-15-10-5-4-9-14(15)16(22)21-12-6-11-18(21,17(20)23)13-7-2-1-3-8-13/h1-5,7-10H,6,11-12H2,(H2,20,23)/t18-/m0/s1. The van der Waals surface area contributed by atoms with E-state index < -0.39 is 11.4 Å². The minimum absolute atomic E-state index is 0.268. The number of rotatable bonds is 3. The van der Waals surface area contributed by atoms with E-state index in [-0.39, 0.29) is 5.91 Å². The first kappa shape index (κ1) is 15.6. The Morgan fingerprint density at radius 3 is 2.35 bits per heavy atom. The number of halogens is 1. The van der Waals surface area contributed by atoms with Gasteiger partial charge in [0.25, 0.3) is 5.91 Å². The molecule has 0 radical (unpaired) electrons. The van der Waals surface area contributed by atoms with Gasteiger partial charge in [-0.1, -0.05) is 54.1 Å². The second-order valence-corrected chi connectivity index (χ2v) is 6.04. The molecule has 0 bridgehead atoms. The summed E-state index contributed by atoms with van der Waals surface area (Å²) in [4.78, 5) is 26.9. The van der Waals surface area contributed by atoms with Gasteiger partial charge in [0.2, 0.25) is 5.91 Å². The van der Waals surface area contributed by atoms with Crippen LogP contribution in [0.2, 0.25) is 5.02 Å². The van der Waals surface area contributed by atoms with Crippen molar-refractivity contribution < 1.29 is 9.59 Å². The summed E-state index contributed by atoms with van der Waals surface area (Å²) in [5, 5.41) is 0.371. The van der Waals surface area contributed by atoms with Crippen molar-refractivity contribution in [2.24, 2.45) is 5.73 Å². The van der Waals surface area contributed by atoms with E-state index in [1.165, 1.54) is 0 Å². The van der Waals surface area contributed by atoms with Crippen molar-refractivity contribution >= 4 is 23.4 Å². The van der Waals surface area contributed by atoms with E-state index >= 15 is 0 Å². The van der Waals surface area contributed by atoms with Gasteiger partial charge in [-0.3, -0.25) is 9.59 Å². The van der Waals surface area contributed by atoms with Crippen molar-refractivity contribution in [3.05, 3.63) is 70.7 Å². The van der Waals surface area contributed by atoms with Gasteiger partial charge in [-0.2, -0.15) is 0 Å². The highest BCUT2D eigenvalue weighted by Crippen LogP contribution is 2.40. The van der Waals surface area contributed by atoms with E-state index in [2.05, 4.69) is 0 Å². The molecule has 1 fully saturated rings. The minimum atomic E-state index is -1.11. The van der Waals surface area contributed by atoms with Gasteiger partial charge < -0.3 is 10.6 Å². The van der Waals surface area contributed by atoms with Gasteiger partial charge in [-0.15, -0.1) is 0 Å². The Labute approximate surface area is 139 Å². The van der Waals surface area contributed by atoms with Crippen LogP contribution in [0.4, 0.5) is 0 Å². The lowest BCUT2D eigenvalue weighted by Crippen LogP contribution is -2.53. The maximum atomic E-state index is 13.0. The molecule has 2 N–H and O–H groups in total. The van der Waals surface area contributed by atoms with E-state index in [9.17, 15) is 9.59 Å². The summed E-state index contributed by atoms with van der Waals surface area (Å²) in [7, 11) is 0. The molecular weight excluding hydrogens is 312 g/mol. The van der Waals surface area contributed by atoms with Gasteiger partial charge in [0.1, 0.15) is 5.54 Å². The fourth-order valence-corrected chi connectivity index (χ4v) is 3.50. The number of hydrogen-bond acceptors (Lipinski definition) is 2. The topological polar surface area (TPSA) is 63.4 Å². The molecule has 1 atom stereocenters. The first-order valence-corrected chi connectivity index (χ1v) is 7.87. The highest BCUT2D eigenvalue weighted by Gasteiger charge is 2.50. The largest absolute Gasteiger partial charge is 0.367 e. The molecule has 0 aromatic heterocycles. The third kappa shape index (κ3) is 2.49. The van der Waals surface area contributed by atoms with Crippen LogP contribution in [-0.2, 0) is 10.3 Å². The summed E-state index contributed by atoms with van der Waals surface area (Å²) in [6.07, 6.45) is 1.23. The zero-order valence-electron chi connectivity index (χ0n) is 12.5. The maximum absolute atomic E-state index is 13.0. The number of carbonyl (C=O) groups is 2. The van der Waals surface area contributed by atoms with E-state index in [1.807, 2.05) is 30.3 Å². The number of nitrogens with two attached hydrogens (primary N) is 1. The van der Waals surface area contributed by atoms with Crippen LogP contribution in [0.1, 0.15) is 28.8 Å². The molecule has 1 saturated heterocycles. The van der Waals surface area contributed by atoms with Crippen LogP contribution < -0.4 is 5.73 Å². The molecule has 1 heterocycles. The van der Waals surface area contributed by atoms with E-state index in [1.54, 1.807) is 29.2 Å². The molecule has 0 unspecified atom stereocenters. The average molecular weight is 329 g/mol. The number of benzene rings is 2. The van der Waals surface area contributed by atoms with Crippen molar-refractivity contribution in [2.45, 2.75) is 18.4 Å². The molecule has 2 aromatic carbocycles. The Bertz CT molecular complexity index is 748. The second kappa shape index (κ2) is 6.05. The van der Waals surface area contributed by atoms with Crippen molar-refractivity contribution in [3.8, 4) is 0 Å². The van der Waals surface area contributed by atoms with Gasteiger partial charge >= 0.3 is 0 Å². The molecule has 3 rings (SSSR count). The summed E-state index contributed by atoms with van der Waals surface area (Å²) in [5.41, 5.74) is 5.76. The van der Waals surface area contributed by atoms with E-state index in [0.29, 0.717) is 30.0 Å². The number of amides is 2. The maximum Gasteiger partial charge on any atom is 0.256 e. The fourth-order valence-electron chi connectivity index (χ4n) is 3.29. The fraction of sp³-hybridized carbons (Fsp3) is 0.222. The van der Waals surface area contributed by atoms with Crippen LogP contribution in [0, 0.1) is 0 Å². The lowest BCUT2D eigenvalue weighted by molar-refractivity contribution is -0.128. The molecule has 23 heavy (non-hydrogen) atoms. The van der Waals surface area contributed by atoms with Gasteiger partial charge in [0.15, 0.2) is 0 Å². The quantitative estimate of drug-likeness (QED) is 0.941. The molecule has 4 nitrogen and oxygen atoms in total. The van der Waals surface area contributed by atoms with Gasteiger partial charge in [-0.05, 0) is 30.5 Å². The number of carbonyl (C=O) groups excluding carboxylic acids is 2. The van der Waals surface area contributed by atoms with Crippen LogP contribution in [0.15, 0.2) is 54.6 Å². The lowest BCUT2D eigenvalue weighted by atomic mass is 9.86. The smallest absolute Gasteiger partial charge is 0.256 e. The average Bonchev–Trinajstić information content (AvgIpc) is 3.01. The van der Waals surface area contributed by atoms with Crippen molar-refractivity contribution in [2.75, 3.05) is 6.54 Å². The van der Waals surface area contributed by atoms with E-state index in [4.69, 9.17) is 17.3 Å². The molecule has 0 spiro atoms. The third-order valence-corrected chi connectivity index (χ3v) is 4.72. The van der Waals surface area contributed by atoms with Crippen molar-refractivity contribution in [1.82, 2.24) is 4.90 Å². The molecular formula is C18H17ClN2O2. The Balaban J connectivity index is 2.09. The first-order chi connectivity index (χ1) is 11.1. The molecule has 2 amide bonds. The highest BCUT2D eigenvalue weighted by atomic mass is 35.5. The highest BCUT2D eigenvalue weighted by molar-refractivity contribution is 6.33. The Morgan fingerprint density at radius 2 is 1.70 bits per heavy atom. The van der Waals surface area contributed by atoms with Crippen LogP contribution in [0.5, 0.6) is 0 Å². The molecule has 2 aromatic rings. The molecule has 0 aliphatic carbocycles. The number of primary amides is 1. The summed E-state index contributed by atoms with van der Waals surface area (Å²) >= 11 is 6.15. The zero-order valence-corrected chi connectivity index (χ0v) is 13.3. The molecule has 118 valence electrons. The SMILES string of the molecule is NC(=O)[C@@]1(c2ccccc2)CCCN1C(=O)c1ccccc1Cl. The van der Waals surface area contributed by atoms with Crippen LogP contribution in [-0.4, -0.2) is 23.3 Å². The van der Waals surface area contributed by atoms with Crippen LogP contribution >= 0.6 is 11.6 Å². The van der Waals surface area contributed by atoms with Crippen LogP contribution in [0.3, 0.4) is 0 Å². The van der Waals surface area contributed by atoms with Crippen molar-refractivity contribution in [3.63, 3.8) is 0 Å². The van der Waals surface area contributed by atoms with Gasteiger partial charge in [0, 0.05) is 6.54 Å². The number of nitrogens with zero attached hydrogens (tertiary/aromatic N) is 1. The molecule has 5 heteroatoms. The van der Waals surface area contributed by atoms with E-state index in [0.717, 1.165) is 5.56 Å². The zero-order chi connectivity index (χ0) is 16.4. The third-order valence-electron chi connectivity index (χ3n) is 4.39. The second-order valence-electron chi connectivity index (χ2n) is 5.63. The lowest BCUT2D eigenvalue weighted by Gasteiger charge is -2.36. The summed E-state index contributed by atoms with van der Waals surface area (Å²) in [6, 6.07) is 16.1. The normalized spacial score (nSPS) is 20.5. The first-order valence-electron chi connectivity index (χ1n) is 7.49. The molecule has 0 saturated carbocycles. The molecule has 1 aliphatic rings. The monoisotopic (exact) mass is 328 g/mol. The summed E-state index contributed by atoms with van der Waals surface area (Å²) < 4.78 is 0. The minimum Gasteiger partial charge on any atom is -0.367 e. The Kier molecular flexibility index (Phi) is 4.09. The summed E-state index contributed by atoms with van der Waals surface area (Å²) in [6.45, 7) is 0.474. The van der Waals surface area contributed by atoms with Gasteiger partial charge in [-0.25, -0.2) is 0 Å². The van der Waals surface area contributed by atoms with Crippen molar-refractivity contribution in [1.29, 1.82) is 0 Å². The summed E-state index contributed by atoms with van der Waals surface area (Å²) in [5.74, 6) is -0.780. The predicted octanol–water partition coefficient (Wildman–Crippen LogP) is 2.96.